The molecule has 0 bridgehead atoms. The van der Waals surface area contributed by atoms with E-state index in [1.54, 1.807) is 0 Å². The number of rotatable bonds is 7. The Kier molecular flexibility index (Phi) is 5.56. The summed E-state index contributed by atoms with van der Waals surface area (Å²) in [5.41, 5.74) is 2.70. The van der Waals surface area contributed by atoms with Gasteiger partial charge in [-0.05, 0) is 38.1 Å². The summed E-state index contributed by atoms with van der Waals surface area (Å²) in [5.74, 6) is 1.71. The summed E-state index contributed by atoms with van der Waals surface area (Å²) in [6.07, 6.45) is 0. The highest BCUT2D eigenvalue weighted by Crippen LogP contribution is 2.18. The monoisotopic (exact) mass is 353 g/mol. The fraction of sp³-hybridized carbons (Fsp3) is 0.333. The molecule has 0 fully saturated rings. The third kappa shape index (κ3) is 3.57. The largest absolute Gasteiger partial charge is 0.489 e. The lowest BCUT2D eigenvalue weighted by molar-refractivity contribution is -0.675. The normalized spacial score (nSPS) is 10.9. The highest BCUT2D eigenvalue weighted by molar-refractivity contribution is 5.93. The molecule has 0 atom stereocenters. The molecule has 0 aliphatic carbocycles. The molecule has 0 saturated heterocycles. The number of imidazole rings is 1. The number of aryl methyl sites for hydroxylation is 1. The van der Waals surface area contributed by atoms with Crippen molar-refractivity contribution in [3.8, 4) is 5.75 Å². The Morgan fingerprint density at radius 2 is 1.88 bits per heavy atom. The number of ether oxygens (including phenoxy) is 2. The minimum atomic E-state index is -0.289. The summed E-state index contributed by atoms with van der Waals surface area (Å²) in [7, 11) is 0. The van der Waals surface area contributed by atoms with Crippen LogP contribution in [0.4, 0.5) is 0 Å². The van der Waals surface area contributed by atoms with Crippen molar-refractivity contribution in [2.75, 3.05) is 13.2 Å². The molecule has 1 aromatic heterocycles. The van der Waals surface area contributed by atoms with Gasteiger partial charge in [0.25, 0.3) is 5.82 Å². The van der Waals surface area contributed by atoms with E-state index in [0.717, 1.165) is 29.2 Å². The van der Waals surface area contributed by atoms with Gasteiger partial charge < -0.3 is 9.47 Å². The van der Waals surface area contributed by atoms with Crippen LogP contribution in [0.1, 0.15) is 30.0 Å². The average molecular weight is 353 g/mol. The highest BCUT2D eigenvalue weighted by atomic mass is 16.5. The second-order valence-corrected chi connectivity index (χ2v) is 6.03. The Bertz CT molecular complexity index is 901. The van der Waals surface area contributed by atoms with Crippen LogP contribution in [0.15, 0.2) is 48.5 Å². The third-order valence-corrected chi connectivity index (χ3v) is 4.49. The predicted octanol–water partition coefficient (Wildman–Crippen LogP) is 3.51. The maximum absolute atomic E-state index is 12.1. The van der Waals surface area contributed by atoms with Gasteiger partial charge in [0.2, 0.25) is 0 Å². The number of benzene rings is 2. The minimum absolute atomic E-state index is 0.289. The number of aromatic nitrogens is 2. The van der Waals surface area contributed by atoms with Crippen molar-refractivity contribution in [3.05, 3.63) is 59.9 Å². The van der Waals surface area contributed by atoms with Crippen molar-refractivity contribution in [1.29, 1.82) is 0 Å². The van der Waals surface area contributed by atoms with E-state index >= 15 is 0 Å². The maximum Gasteiger partial charge on any atom is 0.338 e. The van der Waals surface area contributed by atoms with Crippen molar-refractivity contribution < 1.29 is 18.8 Å². The van der Waals surface area contributed by atoms with Gasteiger partial charge in [0.15, 0.2) is 11.0 Å². The lowest BCUT2D eigenvalue weighted by Gasteiger charge is -2.05. The van der Waals surface area contributed by atoms with Crippen molar-refractivity contribution in [3.63, 3.8) is 0 Å². The van der Waals surface area contributed by atoms with Crippen LogP contribution in [0.5, 0.6) is 5.75 Å². The SMILES string of the molecule is CCOC(=O)c1ccc2c(c1)n(CCOc1ccccc1)c(C)[n+]2CC. The van der Waals surface area contributed by atoms with Crippen LogP contribution in [0, 0.1) is 6.92 Å². The summed E-state index contributed by atoms with van der Waals surface area (Å²) < 4.78 is 15.4. The molecule has 3 rings (SSSR count). The van der Waals surface area contributed by atoms with Crippen LogP contribution in [0.3, 0.4) is 0 Å². The van der Waals surface area contributed by atoms with E-state index in [4.69, 9.17) is 9.47 Å². The summed E-state index contributed by atoms with van der Waals surface area (Å²) in [4.78, 5) is 12.1. The zero-order chi connectivity index (χ0) is 18.5. The molecule has 0 saturated carbocycles. The van der Waals surface area contributed by atoms with Crippen LogP contribution < -0.4 is 9.30 Å². The Hall–Kier alpha value is -2.82. The first kappa shape index (κ1) is 18.0. The van der Waals surface area contributed by atoms with Crippen LogP contribution in [-0.2, 0) is 17.8 Å². The van der Waals surface area contributed by atoms with Crippen molar-refractivity contribution in [1.82, 2.24) is 4.57 Å². The van der Waals surface area contributed by atoms with E-state index in [-0.39, 0.29) is 5.97 Å². The molecule has 0 radical (unpaired) electrons. The Morgan fingerprint density at radius 1 is 1.12 bits per heavy atom. The third-order valence-electron chi connectivity index (χ3n) is 4.49. The molecule has 26 heavy (non-hydrogen) atoms. The molecule has 136 valence electrons. The zero-order valence-corrected chi connectivity index (χ0v) is 15.6. The molecule has 0 aliphatic rings. The molecular formula is C21H25N2O3+. The van der Waals surface area contributed by atoms with Crippen molar-refractivity contribution in [2.24, 2.45) is 0 Å². The Morgan fingerprint density at radius 3 is 2.58 bits per heavy atom. The van der Waals surface area contributed by atoms with Gasteiger partial charge >= 0.3 is 5.97 Å². The van der Waals surface area contributed by atoms with Gasteiger partial charge in [0, 0.05) is 13.0 Å². The predicted molar refractivity (Wildman–Crippen MR) is 100 cm³/mol. The summed E-state index contributed by atoms with van der Waals surface area (Å²) >= 11 is 0. The van der Waals surface area contributed by atoms with E-state index in [9.17, 15) is 4.79 Å². The number of para-hydroxylation sites is 1. The molecule has 0 amide bonds. The van der Waals surface area contributed by atoms with Crippen LogP contribution in [-0.4, -0.2) is 23.8 Å². The first-order chi connectivity index (χ1) is 12.7. The second-order valence-electron chi connectivity index (χ2n) is 6.03. The number of carbonyl (C=O) groups excluding carboxylic acids is 1. The van der Waals surface area contributed by atoms with Gasteiger partial charge in [-0.25, -0.2) is 13.9 Å². The van der Waals surface area contributed by atoms with E-state index < -0.39 is 0 Å². The fourth-order valence-corrected chi connectivity index (χ4v) is 3.26. The fourth-order valence-electron chi connectivity index (χ4n) is 3.26. The van der Waals surface area contributed by atoms with E-state index in [2.05, 4.69) is 23.0 Å². The minimum Gasteiger partial charge on any atom is -0.489 e. The van der Waals surface area contributed by atoms with Gasteiger partial charge in [-0.15, -0.1) is 0 Å². The topological polar surface area (TPSA) is 44.3 Å². The lowest BCUT2D eigenvalue weighted by atomic mass is 10.2. The Labute approximate surface area is 153 Å². The first-order valence-corrected chi connectivity index (χ1v) is 9.03. The first-order valence-electron chi connectivity index (χ1n) is 9.03. The smallest absolute Gasteiger partial charge is 0.338 e. The number of fused-ring (bicyclic) bond motifs is 1. The van der Waals surface area contributed by atoms with E-state index in [1.807, 2.05) is 55.5 Å². The number of carbonyl (C=O) groups is 1. The molecule has 0 aliphatic heterocycles. The van der Waals surface area contributed by atoms with Crippen LogP contribution >= 0.6 is 0 Å². The number of nitrogens with zero attached hydrogens (tertiary/aromatic N) is 2. The van der Waals surface area contributed by atoms with Gasteiger partial charge in [-0.1, -0.05) is 18.2 Å². The molecule has 0 unspecified atom stereocenters. The maximum atomic E-state index is 12.1. The van der Waals surface area contributed by atoms with Gasteiger partial charge in [0.05, 0.1) is 18.7 Å². The van der Waals surface area contributed by atoms with E-state index in [0.29, 0.717) is 25.3 Å². The molecule has 1 heterocycles. The molecule has 0 N–H and O–H groups in total. The molecule has 5 nitrogen and oxygen atoms in total. The number of hydrogen-bond donors (Lipinski definition) is 0. The molecule has 5 heteroatoms. The number of hydrogen-bond acceptors (Lipinski definition) is 3. The van der Waals surface area contributed by atoms with E-state index in [1.165, 1.54) is 0 Å². The summed E-state index contributed by atoms with van der Waals surface area (Å²) in [6.45, 7) is 8.53. The summed E-state index contributed by atoms with van der Waals surface area (Å²) in [6, 6.07) is 15.5. The Balaban J connectivity index is 1.90. The standard InChI is InChI=1S/C21H25N2O3/c1-4-22-16(3)23(13-14-26-18-9-7-6-8-10-18)20-15-17(11-12-19(20)22)21(24)25-5-2/h6-12,15H,4-5,13-14H2,1-3H3/q+1. The number of esters is 1. The second kappa shape index (κ2) is 8.04. The van der Waals surface area contributed by atoms with Crippen molar-refractivity contribution >= 4 is 17.0 Å². The lowest BCUT2D eigenvalue weighted by Crippen LogP contribution is -2.35. The highest BCUT2D eigenvalue weighted by Gasteiger charge is 2.22. The zero-order valence-electron chi connectivity index (χ0n) is 15.6. The van der Waals surface area contributed by atoms with Crippen LogP contribution in [0.2, 0.25) is 0 Å². The van der Waals surface area contributed by atoms with Gasteiger partial charge in [0.1, 0.15) is 18.9 Å². The van der Waals surface area contributed by atoms with Gasteiger partial charge in [-0.3, -0.25) is 0 Å². The molecule has 3 aromatic rings. The quantitative estimate of drug-likeness (QED) is 0.482. The van der Waals surface area contributed by atoms with Gasteiger partial charge in [-0.2, -0.15) is 0 Å². The summed E-state index contributed by atoms with van der Waals surface area (Å²) in [5, 5.41) is 0. The molecule has 0 spiro atoms. The van der Waals surface area contributed by atoms with Crippen LogP contribution in [0.25, 0.3) is 11.0 Å². The molecular weight excluding hydrogens is 328 g/mol. The average Bonchev–Trinajstić information content (AvgIpc) is 2.93. The molecule has 2 aromatic carbocycles. The van der Waals surface area contributed by atoms with Crippen molar-refractivity contribution in [2.45, 2.75) is 33.9 Å².